The normalized spacial score (nSPS) is 14.6. The number of aryl methyl sites for hydroxylation is 1. The summed E-state index contributed by atoms with van der Waals surface area (Å²) in [5.41, 5.74) is 3.02. The molecule has 0 fully saturated rings. The second kappa shape index (κ2) is 6.97. The average molecular weight is 465 g/mol. The molecule has 0 spiro atoms. The van der Waals surface area contributed by atoms with Crippen molar-refractivity contribution in [1.29, 1.82) is 0 Å². The van der Waals surface area contributed by atoms with Gasteiger partial charge in [-0.2, -0.15) is 4.98 Å². The Morgan fingerprint density at radius 3 is 2.83 bits per heavy atom. The van der Waals surface area contributed by atoms with Crippen molar-refractivity contribution in [1.82, 2.24) is 9.55 Å². The van der Waals surface area contributed by atoms with Crippen LogP contribution in [0.5, 0.6) is 0 Å². The lowest BCUT2D eigenvalue weighted by Crippen LogP contribution is -2.23. The predicted octanol–water partition coefficient (Wildman–Crippen LogP) is 5.62. The molecule has 0 unspecified atom stereocenters. The van der Waals surface area contributed by atoms with Gasteiger partial charge in [0.05, 0.1) is 17.5 Å². The molecule has 6 heteroatoms. The summed E-state index contributed by atoms with van der Waals surface area (Å²) >= 11 is 5.09. The van der Waals surface area contributed by atoms with E-state index >= 15 is 0 Å². The van der Waals surface area contributed by atoms with Crippen LogP contribution in [0.25, 0.3) is 21.5 Å². The van der Waals surface area contributed by atoms with E-state index in [0.29, 0.717) is 28.9 Å². The number of aliphatic hydroxyl groups is 1. The fraction of sp³-hybridized carbons (Fsp3) is 0.130. The molecule has 1 aliphatic heterocycles. The zero-order valence-electron chi connectivity index (χ0n) is 15.6. The molecule has 0 saturated heterocycles. The first-order valence-electron chi connectivity index (χ1n) is 9.38. The van der Waals surface area contributed by atoms with Gasteiger partial charge in [0.25, 0.3) is 5.56 Å². The molecule has 2 aromatic carbocycles. The van der Waals surface area contributed by atoms with Crippen LogP contribution >= 0.6 is 27.3 Å². The SMILES string of the molecule is CCc1cc2c(=O)nc3n(c2s1)Cc1ccccc1C3=C(O)c1cccc(Br)c1. The molecule has 0 bridgehead atoms. The molecule has 4 nitrogen and oxygen atoms in total. The molecule has 1 N–H and O–H groups in total. The van der Waals surface area contributed by atoms with Gasteiger partial charge in [-0.3, -0.25) is 4.79 Å². The average Bonchev–Trinajstić information content (AvgIpc) is 3.18. The number of aromatic nitrogens is 2. The molecule has 0 atom stereocenters. The quantitative estimate of drug-likeness (QED) is 0.345. The molecule has 0 saturated carbocycles. The van der Waals surface area contributed by atoms with Gasteiger partial charge in [-0.25, -0.2) is 0 Å². The maximum Gasteiger partial charge on any atom is 0.281 e. The molecule has 29 heavy (non-hydrogen) atoms. The summed E-state index contributed by atoms with van der Waals surface area (Å²) in [5.74, 6) is 0.633. The minimum absolute atomic E-state index is 0.116. The number of aliphatic hydroxyl groups excluding tert-OH is 1. The van der Waals surface area contributed by atoms with E-state index in [1.54, 1.807) is 11.3 Å². The summed E-state index contributed by atoms with van der Waals surface area (Å²) in [6.07, 6.45) is 0.872. The van der Waals surface area contributed by atoms with E-state index in [1.807, 2.05) is 48.5 Å². The number of nitrogens with zero attached hydrogens (tertiary/aromatic N) is 2. The minimum atomic E-state index is -0.249. The minimum Gasteiger partial charge on any atom is -0.507 e. The third-order valence-corrected chi connectivity index (χ3v) is 7.02. The van der Waals surface area contributed by atoms with Crippen LogP contribution in [0.15, 0.2) is 63.9 Å². The van der Waals surface area contributed by atoms with Crippen molar-refractivity contribution in [3.63, 3.8) is 0 Å². The second-order valence-corrected chi connectivity index (χ2v) is 9.03. The maximum absolute atomic E-state index is 12.8. The molecular weight excluding hydrogens is 448 g/mol. The molecular formula is C23H17BrN2O2S. The first-order chi connectivity index (χ1) is 14.1. The van der Waals surface area contributed by atoms with E-state index in [2.05, 4.69) is 38.5 Å². The fourth-order valence-electron chi connectivity index (χ4n) is 3.82. The number of thiophene rings is 1. The van der Waals surface area contributed by atoms with Gasteiger partial charge in [-0.1, -0.05) is 59.3 Å². The van der Waals surface area contributed by atoms with Crippen LogP contribution in [0.2, 0.25) is 0 Å². The van der Waals surface area contributed by atoms with Crippen molar-refractivity contribution < 1.29 is 5.11 Å². The van der Waals surface area contributed by atoms with Gasteiger partial charge in [-0.15, -0.1) is 11.3 Å². The monoisotopic (exact) mass is 464 g/mol. The van der Waals surface area contributed by atoms with Gasteiger partial charge < -0.3 is 9.67 Å². The summed E-state index contributed by atoms with van der Waals surface area (Å²) in [5, 5.41) is 11.9. The highest BCUT2D eigenvalue weighted by molar-refractivity contribution is 9.10. The van der Waals surface area contributed by atoms with E-state index in [4.69, 9.17) is 0 Å². The molecule has 144 valence electrons. The van der Waals surface area contributed by atoms with Crippen molar-refractivity contribution in [3.8, 4) is 0 Å². The Kier molecular flexibility index (Phi) is 4.41. The Bertz CT molecular complexity index is 1370. The molecule has 0 radical (unpaired) electrons. The Balaban J connectivity index is 1.88. The van der Waals surface area contributed by atoms with E-state index in [9.17, 15) is 9.90 Å². The molecule has 0 aliphatic carbocycles. The van der Waals surface area contributed by atoms with Crippen molar-refractivity contribution in [2.45, 2.75) is 19.9 Å². The van der Waals surface area contributed by atoms with Crippen molar-refractivity contribution in [2.24, 2.45) is 0 Å². The molecule has 0 amide bonds. The topological polar surface area (TPSA) is 55.1 Å². The molecule has 1 aliphatic rings. The van der Waals surface area contributed by atoms with Gasteiger partial charge in [0.1, 0.15) is 16.4 Å². The van der Waals surface area contributed by atoms with Gasteiger partial charge >= 0.3 is 0 Å². The summed E-state index contributed by atoms with van der Waals surface area (Å²) < 4.78 is 2.93. The summed E-state index contributed by atoms with van der Waals surface area (Å²) in [4.78, 5) is 19.3. The number of hydrogen-bond acceptors (Lipinski definition) is 4. The number of fused-ring (bicyclic) bond motifs is 4. The van der Waals surface area contributed by atoms with Crippen LogP contribution in [0.1, 0.15) is 34.3 Å². The maximum atomic E-state index is 12.8. The number of halogens is 1. The Hall–Kier alpha value is -2.70. The lowest BCUT2D eigenvalue weighted by atomic mass is 9.92. The van der Waals surface area contributed by atoms with Gasteiger partial charge in [-0.05, 0) is 35.7 Å². The van der Waals surface area contributed by atoms with Crippen LogP contribution in [0, 0.1) is 0 Å². The Morgan fingerprint density at radius 1 is 1.21 bits per heavy atom. The third kappa shape index (κ3) is 2.94. The van der Waals surface area contributed by atoms with Crippen LogP contribution in [-0.2, 0) is 13.0 Å². The van der Waals surface area contributed by atoms with E-state index in [1.165, 1.54) is 0 Å². The van der Waals surface area contributed by atoms with Crippen molar-refractivity contribution >= 4 is 48.8 Å². The summed E-state index contributed by atoms with van der Waals surface area (Å²) in [6.45, 7) is 2.70. The summed E-state index contributed by atoms with van der Waals surface area (Å²) in [6, 6.07) is 17.4. The third-order valence-electron chi connectivity index (χ3n) is 5.22. The fourth-order valence-corrected chi connectivity index (χ4v) is 5.30. The second-order valence-electron chi connectivity index (χ2n) is 7.00. The smallest absolute Gasteiger partial charge is 0.281 e. The van der Waals surface area contributed by atoms with E-state index in [-0.39, 0.29) is 11.3 Å². The molecule has 3 heterocycles. The highest BCUT2D eigenvalue weighted by atomic mass is 79.9. The van der Waals surface area contributed by atoms with Gasteiger partial charge in [0, 0.05) is 14.9 Å². The van der Waals surface area contributed by atoms with Gasteiger partial charge in [0.2, 0.25) is 0 Å². The molecule has 2 aromatic heterocycles. The van der Waals surface area contributed by atoms with Crippen LogP contribution in [-0.4, -0.2) is 14.7 Å². The Morgan fingerprint density at radius 2 is 2.03 bits per heavy atom. The van der Waals surface area contributed by atoms with Gasteiger partial charge in [0.15, 0.2) is 0 Å². The van der Waals surface area contributed by atoms with Crippen molar-refractivity contribution in [2.75, 3.05) is 0 Å². The lowest BCUT2D eigenvalue weighted by Gasteiger charge is -2.25. The standard InChI is InChI=1S/C23H17BrN2O2S/c1-2-16-11-18-22(28)25-21-19(20(27)13-7-5-8-15(24)10-13)17-9-4-3-6-14(17)12-26(21)23(18)29-16/h3-11,27H,2,12H2,1H3. The van der Waals surface area contributed by atoms with Crippen LogP contribution in [0.3, 0.4) is 0 Å². The number of hydrogen-bond donors (Lipinski definition) is 1. The lowest BCUT2D eigenvalue weighted by molar-refractivity contribution is 0.512. The predicted molar refractivity (Wildman–Crippen MR) is 121 cm³/mol. The first-order valence-corrected chi connectivity index (χ1v) is 11.0. The van der Waals surface area contributed by atoms with Crippen LogP contribution < -0.4 is 5.56 Å². The zero-order valence-corrected chi connectivity index (χ0v) is 18.0. The van der Waals surface area contributed by atoms with E-state index in [0.717, 1.165) is 31.7 Å². The highest BCUT2D eigenvalue weighted by Crippen LogP contribution is 2.38. The highest BCUT2D eigenvalue weighted by Gasteiger charge is 2.27. The van der Waals surface area contributed by atoms with Crippen molar-refractivity contribution in [3.05, 3.63) is 96.8 Å². The number of benzene rings is 2. The largest absolute Gasteiger partial charge is 0.507 e. The molecule has 4 aromatic rings. The zero-order chi connectivity index (χ0) is 20.1. The summed E-state index contributed by atoms with van der Waals surface area (Å²) in [7, 11) is 0. The Labute approximate surface area is 179 Å². The van der Waals surface area contributed by atoms with E-state index < -0.39 is 0 Å². The molecule has 5 rings (SSSR count). The van der Waals surface area contributed by atoms with Crippen LogP contribution in [0.4, 0.5) is 0 Å². The number of rotatable bonds is 2. The first kappa shape index (κ1) is 18.3.